The van der Waals surface area contributed by atoms with Crippen molar-refractivity contribution in [2.75, 3.05) is 18.2 Å². The smallest absolute Gasteiger partial charge is 0.234 e. The number of hydrogen-bond acceptors (Lipinski definition) is 4. The molecule has 1 N–H and O–H groups in total. The Morgan fingerprint density at radius 1 is 1.12 bits per heavy atom. The van der Waals surface area contributed by atoms with Gasteiger partial charge in [-0.15, -0.1) is 0 Å². The number of thioether (sulfide) groups is 1. The summed E-state index contributed by atoms with van der Waals surface area (Å²) in [7, 11) is 1.64. The molecule has 0 spiro atoms. The SMILES string of the molecule is COc1cccc2c(C)cc(SCC(=O)Nc3ccccc3C)nc12. The molecule has 0 unspecified atom stereocenters. The zero-order valence-corrected chi connectivity index (χ0v) is 15.3. The molecular formula is C20H20N2O2S. The van der Waals surface area contributed by atoms with Gasteiger partial charge >= 0.3 is 0 Å². The van der Waals surface area contributed by atoms with E-state index < -0.39 is 0 Å². The van der Waals surface area contributed by atoms with Crippen molar-refractivity contribution >= 4 is 34.3 Å². The predicted octanol–water partition coefficient (Wildman–Crippen LogP) is 4.59. The van der Waals surface area contributed by atoms with Gasteiger partial charge in [0.2, 0.25) is 5.91 Å². The second-order valence-electron chi connectivity index (χ2n) is 5.79. The van der Waals surface area contributed by atoms with Gasteiger partial charge in [-0.1, -0.05) is 42.1 Å². The molecule has 3 rings (SSSR count). The topological polar surface area (TPSA) is 51.2 Å². The fraction of sp³-hybridized carbons (Fsp3) is 0.200. The van der Waals surface area contributed by atoms with E-state index in [0.717, 1.165) is 38.5 Å². The van der Waals surface area contributed by atoms with E-state index in [4.69, 9.17) is 4.74 Å². The van der Waals surface area contributed by atoms with Crippen molar-refractivity contribution < 1.29 is 9.53 Å². The molecule has 3 aromatic rings. The molecule has 0 atom stereocenters. The predicted molar refractivity (Wildman–Crippen MR) is 104 cm³/mol. The molecule has 4 nitrogen and oxygen atoms in total. The van der Waals surface area contributed by atoms with Crippen molar-refractivity contribution in [3.05, 3.63) is 59.7 Å². The third-order valence-corrected chi connectivity index (χ3v) is 4.89. The number of ether oxygens (including phenoxy) is 1. The van der Waals surface area contributed by atoms with E-state index in [2.05, 4.69) is 10.3 Å². The van der Waals surface area contributed by atoms with Crippen LogP contribution in [0.3, 0.4) is 0 Å². The normalized spacial score (nSPS) is 10.7. The number of nitrogens with zero attached hydrogens (tertiary/aromatic N) is 1. The monoisotopic (exact) mass is 352 g/mol. The van der Waals surface area contributed by atoms with Gasteiger partial charge in [-0.2, -0.15) is 0 Å². The van der Waals surface area contributed by atoms with Gasteiger partial charge in [0.25, 0.3) is 0 Å². The van der Waals surface area contributed by atoms with Gasteiger partial charge in [-0.25, -0.2) is 4.98 Å². The first-order valence-electron chi connectivity index (χ1n) is 8.01. The number of aryl methyl sites for hydroxylation is 2. The maximum absolute atomic E-state index is 12.2. The van der Waals surface area contributed by atoms with Crippen molar-refractivity contribution in [2.45, 2.75) is 18.9 Å². The van der Waals surface area contributed by atoms with Crippen LogP contribution in [-0.4, -0.2) is 23.8 Å². The molecular weight excluding hydrogens is 332 g/mol. The standard InChI is InChI=1S/C20H20N2O2S/c1-13-7-4-5-9-16(13)21-18(23)12-25-19-11-14(2)15-8-6-10-17(24-3)20(15)22-19/h4-11H,12H2,1-3H3,(H,21,23). The summed E-state index contributed by atoms with van der Waals surface area (Å²) in [6, 6.07) is 15.6. The van der Waals surface area contributed by atoms with E-state index in [1.807, 2.05) is 62.4 Å². The van der Waals surface area contributed by atoms with Gasteiger partial charge in [-0.05, 0) is 43.2 Å². The van der Waals surface area contributed by atoms with Crippen LogP contribution in [0, 0.1) is 13.8 Å². The molecule has 0 radical (unpaired) electrons. The van der Waals surface area contributed by atoms with Gasteiger partial charge in [0.05, 0.1) is 17.9 Å². The Morgan fingerprint density at radius 2 is 1.92 bits per heavy atom. The number of fused-ring (bicyclic) bond motifs is 1. The first kappa shape index (κ1) is 17.3. The number of rotatable bonds is 5. The average molecular weight is 352 g/mol. The number of hydrogen-bond donors (Lipinski definition) is 1. The summed E-state index contributed by atoms with van der Waals surface area (Å²) in [5.74, 6) is 1.01. The third-order valence-electron chi connectivity index (χ3n) is 3.98. The van der Waals surface area contributed by atoms with Crippen molar-refractivity contribution in [3.63, 3.8) is 0 Å². The number of para-hydroxylation sites is 2. The lowest BCUT2D eigenvalue weighted by molar-refractivity contribution is -0.113. The van der Waals surface area contributed by atoms with Gasteiger partial charge in [0.1, 0.15) is 11.3 Å². The van der Waals surface area contributed by atoms with Crippen LogP contribution in [0.1, 0.15) is 11.1 Å². The zero-order chi connectivity index (χ0) is 17.8. The number of carbonyl (C=O) groups excluding carboxylic acids is 1. The van der Waals surface area contributed by atoms with Gasteiger partial charge in [0, 0.05) is 11.1 Å². The Hall–Kier alpha value is -2.53. The molecule has 25 heavy (non-hydrogen) atoms. The Balaban J connectivity index is 1.75. The van der Waals surface area contributed by atoms with Gasteiger partial charge in [-0.3, -0.25) is 4.79 Å². The molecule has 1 aromatic heterocycles. The van der Waals surface area contributed by atoms with E-state index in [-0.39, 0.29) is 5.91 Å². The Morgan fingerprint density at radius 3 is 2.68 bits per heavy atom. The highest BCUT2D eigenvalue weighted by Crippen LogP contribution is 2.29. The van der Waals surface area contributed by atoms with E-state index in [1.54, 1.807) is 7.11 Å². The molecule has 0 saturated heterocycles. The number of methoxy groups -OCH3 is 1. The van der Waals surface area contributed by atoms with Crippen LogP contribution in [0.15, 0.2) is 53.6 Å². The maximum Gasteiger partial charge on any atom is 0.234 e. The minimum atomic E-state index is -0.0427. The van der Waals surface area contributed by atoms with Crippen LogP contribution in [0.25, 0.3) is 10.9 Å². The number of anilines is 1. The minimum Gasteiger partial charge on any atom is -0.494 e. The maximum atomic E-state index is 12.2. The molecule has 1 heterocycles. The summed E-state index contributed by atoms with van der Waals surface area (Å²) in [5.41, 5.74) is 3.83. The molecule has 0 aliphatic rings. The second kappa shape index (κ2) is 7.57. The van der Waals surface area contributed by atoms with Crippen LogP contribution >= 0.6 is 11.8 Å². The Bertz CT molecular complexity index is 925. The highest BCUT2D eigenvalue weighted by molar-refractivity contribution is 7.99. The molecule has 5 heteroatoms. The molecule has 0 aliphatic heterocycles. The molecule has 0 bridgehead atoms. The lowest BCUT2D eigenvalue weighted by Gasteiger charge is -2.10. The highest BCUT2D eigenvalue weighted by Gasteiger charge is 2.10. The quantitative estimate of drug-likeness (QED) is 0.682. The summed E-state index contributed by atoms with van der Waals surface area (Å²) in [6.07, 6.45) is 0. The summed E-state index contributed by atoms with van der Waals surface area (Å²) in [4.78, 5) is 16.9. The molecule has 0 saturated carbocycles. The fourth-order valence-corrected chi connectivity index (χ4v) is 3.41. The first-order chi connectivity index (χ1) is 12.1. The van der Waals surface area contributed by atoms with E-state index >= 15 is 0 Å². The van der Waals surface area contributed by atoms with Crippen LogP contribution < -0.4 is 10.1 Å². The summed E-state index contributed by atoms with van der Waals surface area (Å²) in [6.45, 7) is 4.02. The molecule has 0 aliphatic carbocycles. The van der Waals surface area contributed by atoms with Crippen molar-refractivity contribution in [2.24, 2.45) is 0 Å². The zero-order valence-electron chi connectivity index (χ0n) is 14.5. The lowest BCUT2D eigenvalue weighted by Crippen LogP contribution is -2.14. The van der Waals surface area contributed by atoms with E-state index in [9.17, 15) is 4.79 Å². The van der Waals surface area contributed by atoms with Gasteiger partial charge in [0.15, 0.2) is 0 Å². The van der Waals surface area contributed by atoms with Crippen molar-refractivity contribution in [1.82, 2.24) is 4.98 Å². The first-order valence-corrected chi connectivity index (χ1v) is 8.99. The molecule has 0 fully saturated rings. The summed E-state index contributed by atoms with van der Waals surface area (Å²) >= 11 is 1.42. The van der Waals surface area contributed by atoms with E-state index in [0.29, 0.717) is 5.75 Å². The number of carbonyl (C=O) groups is 1. The lowest BCUT2D eigenvalue weighted by atomic mass is 10.1. The minimum absolute atomic E-state index is 0.0427. The number of nitrogens with one attached hydrogen (secondary N) is 1. The van der Waals surface area contributed by atoms with Crippen LogP contribution in [0.5, 0.6) is 5.75 Å². The Kier molecular flexibility index (Phi) is 5.24. The number of amides is 1. The highest BCUT2D eigenvalue weighted by atomic mass is 32.2. The third kappa shape index (κ3) is 3.94. The molecule has 1 amide bonds. The Labute approximate surface area is 151 Å². The van der Waals surface area contributed by atoms with Crippen molar-refractivity contribution in [1.29, 1.82) is 0 Å². The van der Waals surface area contributed by atoms with Gasteiger partial charge < -0.3 is 10.1 Å². The summed E-state index contributed by atoms with van der Waals surface area (Å²) in [5, 5.41) is 4.82. The molecule has 128 valence electrons. The van der Waals surface area contributed by atoms with Crippen molar-refractivity contribution in [3.8, 4) is 5.75 Å². The summed E-state index contributed by atoms with van der Waals surface area (Å²) < 4.78 is 5.40. The number of aromatic nitrogens is 1. The fourth-order valence-electron chi connectivity index (χ4n) is 2.64. The number of benzene rings is 2. The van der Waals surface area contributed by atoms with Crippen LogP contribution in [0.4, 0.5) is 5.69 Å². The van der Waals surface area contributed by atoms with Crippen LogP contribution in [0.2, 0.25) is 0 Å². The molecule has 2 aromatic carbocycles. The number of pyridine rings is 1. The van der Waals surface area contributed by atoms with E-state index in [1.165, 1.54) is 11.8 Å². The largest absolute Gasteiger partial charge is 0.494 e. The van der Waals surface area contributed by atoms with Crippen LogP contribution in [-0.2, 0) is 4.79 Å². The average Bonchev–Trinajstić information content (AvgIpc) is 2.61. The second-order valence-corrected chi connectivity index (χ2v) is 6.78.